The second-order valence-electron chi connectivity index (χ2n) is 10.8. The number of nitrogens with one attached hydrogen (secondary N) is 1. The Labute approximate surface area is 226 Å². The third-order valence-corrected chi connectivity index (χ3v) is 8.17. The lowest BCUT2D eigenvalue weighted by atomic mass is 9.96. The van der Waals surface area contributed by atoms with Crippen LogP contribution in [0.1, 0.15) is 40.8 Å². The maximum absolute atomic E-state index is 13.9. The zero-order valence-corrected chi connectivity index (χ0v) is 23.7. The molecule has 1 saturated heterocycles. The summed E-state index contributed by atoms with van der Waals surface area (Å²) in [6.45, 7) is 8.44. The summed E-state index contributed by atoms with van der Waals surface area (Å²) in [5.41, 5.74) is -2.51. The Morgan fingerprint density at radius 3 is 2.55 bits per heavy atom. The number of aliphatic hydroxyl groups excluding tert-OH is 1. The van der Waals surface area contributed by atoms with E-state index in [2.05, 4.69) is 4.98 Å². The van der Waals surface area contributed by atoms with Gasteiger partial charge < -0.3 is 24.2 Å². The molecule has 1 aromatic carbocycles. The summed E-state index contributed by atoms with van der Waals surface area (Å²) in [5.74, 6) is -1.10. The van der Waals surface area contributed by atoms with Crippen LogP contribution in [0.2, 0.25) is 0 Å². The van der Waals surface area contributed by atoms with E-state index in [0.29, 0.717) is 0 Å². The molecule has 1 aromatic heterocycles. The van der Waals surface area contributed by atoms with E-state index >= 15 is 0 Å². The molecular formula is C25H35N2O9PS. The summed E-state index contributed by atoms with van der Waals surface area (Å²) in [4.78, 5) is 26.6. The Kier molecular flexibility index (Phi) is 9.39. The third kappa shape index (κ3) is 7.62. The highest BCUT2D eigenvalue weighted by Crippen LogP contribution is 2.51. The van der Waals surface area contributed by atoms with Crippen LogP contribution in [0.5, 0.6) is 5.75 Å². The lowest BCUT2D eigenvalue weighted by Gasteiger charge is -2.28. The van der Waals surface area contributed by atoms with Crippen LogP contribution >= 0.6 is 19.8 Å². The van der Waals surface area contributed by atoms with Crippen LogP contribution in [0.4, 0.5) is 0 Å². The van der Waals surface area contributed by atoms with Crippen molar-refractivity contribution in [3.63, 3.8) is 0 Å². The minimum atomic E-state index is -3.99. The van der Waals surface area contributed by atoms with Crippen molar-refractivity contribution in [3.05, 3.63) is 57.7 Å². The van der Waals surface area contributed by atoms with Gasteiger partial charge in [-0.1, -0.05) is 45.9 Å². The number of aliphatic hydroxyl groups is 2. The molecule has 0 saturated carbocycles. The maximum Gasteiger partial charge on any atom is 0.380 e. The number of esters is 1. The Bertz CT molecular complexity index is 1270. The molecule has 0 radical (unpaired) electrons. The Hall–Kier alpha value is -2.34. The van der Waals surface area contributed by atoms with Crippen LogP contribution in [0.15, 0.2) is 47.4 Å². The van der Waals surface area contributed by atoms with E-state index in [0.717, 1.165) is 0 Å². The number of benzene rings is 1. The minimum absolute atomic E-state index is 0.0165. The molecule has 0 bridgehead atoms. The largest absolute Gasteiger partial charge is 0.465 e. The van der Waals surface area contributed by atoms with Gasteiger partial charge >= 0.3 is 13.6 Å². The third-order valence-electron chi connectivity index (χ3n) is 5.83. The second kappa shape index (κ2) is 11.8. The first kappa shape index (κ1) is 30.2. The van der Waals surface area contributed by atoms with Gasteiger partial charge in [0.05, 0.1) is 25.3 Å². The van der Waals surface area contributed by atoms with Gasteiger partial charge in [0, 0.05) is 12.3 Å². The molecule has 38 heavy (non-hydrogen) atoms. The fourth-order valence-corrected chi connectivity index (χ4v) is 5.90. The topological polar surface area (TPSA) is 149 Å². The molecule has 6 atom stereocenters. The number of aromatic nitrogens is 2. The molecule has 2 heterocycles. The molecule has 13 heteroatoms. The highest BCUT2D eigenvalue weighted by Gasteiger charge is 2.53. The average molecular weight is 571 g/mol. The van der Waals surface area contributed by atoms with Crippen molar-refractivity contribution in [2.24, 2.45) is 11.3 Å². The van der Waals surface area contributed by atoms with Crippen molar-refractivity contribution in [2.45, 2.75) is 58.7 Å². The standard InChI is InChI=1S/C25H35N2O9PS/c1-16(21(30)33-15-24(2,3)4)14-37(32,36-17-9-7-6-8-10-17)34-13-18-20(29)25(5,31)22(35-18)27-12-11-19(28)26-23(27)38/h6-12,16,18,20,22,29,31H,13-15H2,1-5H3,(H,26,28,38)/t16-,18-,20+,22-,25?,37+/m1/s1. The first-order valence-electron chi connectivity index (χ1n) is 12.1. The fraction of sp³-hybridized carbons (Fsp3) is 0.560. The van der Waals surface area contributed by atoms with Crippen molar-refractivity contribution in [2.75, 3.05) is 19.4 Å². The molecule has 2 aromatic rings. The number of H-pyrrole nitrogens is 1. The Morgan fingerprint density at radius 1 is 1.29 bits per heavy atom. The van der Waals surface area contributed by atoms with E-state index in [1.165, 1.54) is 23.8 Å². The molecule has 1 aliphatic heterocycles. The smallest absolute Gasteiger partial charge is 0.380 e. The van der Waals surface area contributed by atoms with Crippen LogP contribution in [0.3, 0.4) is 0 Å². The molecule has 3 N–H and O–H groups in total. The monoisotopic (exact) mass is 570 g/mol. The first-order chi connectivity index (χ1) is 17.6. The molecule has 0 aliphatic carbocycles. The molecule has 0 spiro atoms. The summed E-state index contributed by atoms with van der Waals surface area (Å²) in [7, 11) is -3.99. The van der Waals surface area contributed by atoms with E-state index in [9.17, 15) is 24.4 Å². The number of carbonyl (C=O) groups excluding carboxylic acids is 1. The summed E-state index contributed by atoms with van der Waals surface area (Å²) in [6.07, 6.45) is -2.74. The van der Waals surface area contributed by atoms with Crippen LogP contribution in [0.25, 0.3) is 0 Å². The molecular weight excluding hydrogens is 535 g/mol. The van der Waals surface area contributed by atoms with Crippen LogP contribution in [-0.2, 0) is 23.4 Å². The molecule has 210 valence electrons. The quantitative estimate of drug-likeness (QED) is 0.220. The predicted octanol–water partition coefficient (Wildman–Crippen LogP) is 3.43. The van der Waals surface area contributed by atoms with E-state index in [1.54, 1.807) is 37.3 Å². The van der Waals surface area contributed by atoms with Crippen molar-refractivity contribution in [1.82, 2.24) is 9.55 Å². The minimum Gasteiger partial charge on any atom is -0.465 e. The molecule has 3 rings (SSSR count). The van der Waals surface area contributed by atoms with Gasteiger partial charge in [0.15, 0.2) is 11.0 Å². The van der Waals surface area contributed by atoms with E-state index in [1.807, 2.05) is 20.8 Å². The van der Waals surface area contributed by atoms with Gasteiger partial charge in [0.25, 0.3) is 5.56 Å². The molecule has 1 fully saturated rings. The van der Waals surface area contributed by atoms with Crippen LogP contribution < -0.4 is 10.1 Å². The predicted molar refractivity (Wildman–Crippen MR) is 142 cm³/mol. The summed E-state index contributed by atoms with van der Waals surface area (Å²) < 4.78 is 37.8. The summed E-state index contributed by atoms with van der Waals surface area (Å²) >= 11 is 5.16. The second-order valence-corrected chi connectivity index (χ2v) is 13.2. The van der Waals surface area contributed by atoms with Crippen molar-refractivity contribution < 1.29 is 38.1 Å². The molecule has 11 nitrogen and oxygen atoms in total. The first-order valence-corrected chi connectivity index (χ1v) is 14.3. The van der Waals surface area contributed by atoms with Gasteiger partial charge in [0.1, 0.15) is 23.6 Å². The zero-order chi connectivity index (χ0) is 28.3. The number of aromatic amines is 1. The average Bonchev–Trinajstić information content (AvgIpc) is 3.04. The SMILES string of the molecule is C[C@H](C[P@](=O)(OC[C@H]1O[C@@H](n2ccc(=O)[nH]c2=S)C(C)(O)[C@H]1O)Oc1ccccc1)C(=O)OCC(C)(C)C. The van der Waals surface area contributed by atoms with Crippen molar-refractivity contribution in [1.29, 1.82) is 0 Å². The van der Waals surface area contributed by atoms with Crippen molar-refractivity contribution in [3.8, 4) is 5.75 Å². The zero-order valence-electron chi connectivity index (χ0n) is 22.0. The number of hydrogen-bond donors (Lipinski definition) is 3. The summed E-state index contributed by atoms with van der Waals surface area (Å²) in [6, 6.07) is 9.54. The van der Waals surface area contributed by atoms with Gasteiger partial charge in [-0.2, -0.15) is 0 Å². The van der Waals surface area contributed by atoms with Crippen LogP contribution in [-0.4, -0.2) is 62.9 Å². The number of para-hydroxylation sites is 1. The Balaban J connectivity index is 1.78. The number of ether oxygens (including phenoxy) is 2. The van der Waals surface area contributed by atoms with Gasteiger partial charge in [-0.15, -0.1) is 0 Å². The highest BCUT2D eigenvalue weighted by molar-refractivity contribution is 7.71. The van der Waals surface area contributed by atoms with Gasteiger partial charge in [-0.05, 0) is 36.7 Å². The van der Waals surface area contributed by atoms with E-state index in [4.69, 9.17) is 30.7 Å². The van der Waals surface area contributed by atoms with Gasteiger partial charge in [0.2, 0.25) is 0 Å². The lowest BCUT2D eigenvalue weighted by Crippen LogP contribution is -2.44. The van der Waals surface area contributed by atoms with Crippen molar-refractivity contribution >= 4 is 25.8 Å². The number of nitrogens with zero attached hydrogens (tertiary/aromatic N) is 1. The maximum atomic E-state index is 13.9. The number of carbonyl (C=O) groups is 1. The van der Waals surface area contributed by atoms with Crippen LogP contribution in [0, 0.1) is 16.1 Å². The molecule has 1 aliphatic rings. The van der Waals surface area contributed by atoms with Gasteiger partial charge in [-0.25, -0.2) is 4.57 Å². The van der Waals surface area contributed by atoms with E-state index < -0.39 is 55.7 Å². The Morgan fingerprint density at radius 2 is 1.95 bits per heavy atom. The number of rotatable bonds is 10. The molecule has 1 unspecified atom stereocenters. The normalized spacial score (nSPS) is 25.9. The van der Waals surface area contributed by atoms with E-state index in [-0.39, 0.29) is 28.7 Å². The highest BCUT2D eigenvalue weighted by atomic mass is 32.1. The molecule has 0 amide bonds. The fourth-order valence-electron chi connectivity index (χ4n) is 3.77. The lowest BCUT2D eigenvalue weighted by molar-refractivity contribution is -0.150. The number of hydrogen-bond acceptors (Lipinski definition) is 10. The summed E-state index contributed by atoms with van der Waals surface area (Å²) in [5, 5.41) is 21.8. The van der Waals surface area contributed by atoms with Gasteiger partial charge in [-0.3, -0.25) is 23.7 Å².